The van der Waals surface area contributed by atoms with Crippen molar-refractivity contribution in [3.05, 3.63) is 57.4 Å². The van der Waals surface area contributed by atoms with Crippen molar-refractivity contribution in [2.24, 2.45) is 5.14 Å². The molecule has 0 bridgehead atoms. The molecule has 0 fully saturated rings. The lowest BCUT2D eigenvalue weighted by molar-refractivity contribution is -0.153. The smallest absolute Gasteiger partial charge is 0.328 e. The molecule has 0 saturated heterocycles. The van der Waals surface area contributed by atoms with E-state index >= 15 is 0 Å². The predicted octanol–water partition coefficient (Wildman–Crippen LogP) is -1.25. The van der Waals surface area contributed by atoms with Crippen LogP contribution in [0.2, 0.25) is 0 Å². The van der Waals surface area contributed by atoms with Gasteiger partial charge in [0.1, 0.15) is 6.54 Å². The molecule has 1 atom stereocenters. The molecule has 2 rings (SSSR count). The SMILES string of the molecule is C[C@H](OC(=O)Cn1ccc(=O)[nH]c1=O)C(=O)Nc1ccc(S(N)(=O)=O)cc1. The minimum absolute atomic E-state index is 0.119. The molecule has 0 saturated carbocycles. The zero-order valence-electron chi connectivity index (χ0n) is 14.0. The van der Waals surface area contributed by atoms with Gasteiger partial charge in [0.05, 0.1) is 4.90 Å². The standard InChI is InChI=1S/C15H16N4O7S/c1-9(26-13(21)8-19-7-6-12(20)18-15(19)23)14(22)17-10-2-4-11(5-3-10)27(16,24)25/h2-7,9H,8H2,1H3,(H,17,22)(H2,16,24,25)(H,18,20,23)/t9-/m0/s1. The first-order chi connectivity index (χ1) is 12.6. The van der Waals surface area contributed by atoms with Crippen LogP contribution in [0, 0.1) is 0 Å². The highest BCUT2D eigenvalue weighted by Crippen LogP contribution is 2.13. The first-order valence-electron chi connectivity index (χ1n) is 7.49. The summed E-state index contributed by atoms with van der Waals surface area (Å²) in [6, 6.07) is 6.14. The van der Waals surface area contributed by atoms with Crippen LogP contribution in [0.15, 0.2) is 51.0 Å². The Morgan fingerprint density at radius 1 is 1.22 bits per heavy atom. The number of esters is 1. The maximum atomic E-state index is 12.0. The first kappa shape index (κ1) is 20.1. The van der Waals surface area contributed by atoms with E-state index in [0.717, 1.165) is 16.8 Å². The monoisotopic (exact) mass is 396 g/mol. The molecule has 1 aromatic heterocycles. The number of H-pyrrole nitrogens is 1. The van der Waals surface area contributed by atoms with Crippen molar-refractivity contribution in [2.45, 2.75) is 24.5 Å². The Labute approximate surface area is 152 Å². The average molecular weight is 396 g/mol. The second-order valence-electron chi connectivity index (χ2n) is 5.43. The van der Waals surface area contributed by atoms with Crippen LogP contribution in [0.25, 0.3) is 0 Å². The van der Waals surface area contributed by atoms with Crippen molar-refractivity contribution in [1.82, 2.24) is 9.55 Å². The summed E-state index contributed by atoms with van der Waals surface area (Å²) in [6.45, 7) is 0.831. The van der Waals surface area contributed by atoms with Crippen LogP contribution in [0.3, 0.4) is 0 Å². The van der Waals surface area contributed by atoms with E-state index in [1.807, 2.05) is 4.98 Å². The molecule has 2 aromatic rings. The lowest BCUT2D eigenvalue weighted by Crippen LogP contribution is -2.34. The Balaban J connectivity index is 1.95. The number of aromatic amines is 1. The zero-order chi connectivity index (χ0) is 20.2. The van der Waals surface area contributed by atoms with Gasteiger partial charge in [0.2, 0.25) is 10.0 Å². The third kappa shape index (κ3) is 5.62. The number of carbonyl (C=O) groups is 2. The van der Waals surface area contributed by atoms with Gasteiger partial charge in [-0.3, -0.25) is 23.9 Å². The number of nitrogens with one attached hydrogen (secondary N) is 2. The van der Waals surface area contributed by atoms with Crippen LogP contribution in [-0.2, 0) is 30.9 Å². The summed E-state index contributed by atoms with van der Waals surface area (Å²) in [5.74, 6) is -1.53. The van der Waals surface area contributed by atoms with Gasteiger partial charge in [-0.15, -0.1) is 0 Å². The van der Waals surface area contributed by atoms with Crippen LogP contribution >= 0.6 is 0 Å². The van der Waals surface area contributed by atoms with E-state index in [9.17, 15) is 27.6 Å². The molecule has 12 heteroatoms. The number of anilines is 1. The number of nitrogens with zero attached hydrogens (tertiary/aromatic N) is 1. The summed E-state index contributed by atoms with van der Waals surface area (Å²) >= 11 is 0. The summed E-state index contributed by atoms with van der Waals surface area (Å²) in [4.78, 5) is 48.2. The molecule has 0 unspecified atom stereocenters. The van der Waals surface area contributed by atoms with E-state index in [1.54, 1.807) is 0 Å². The molecule has 0 aliphatic rings. The highest BCUT2D eigenvalue weighted by molar-refractivity contribution is 7.89. The van der Waals surface area contributed by atoms with E-state index in [1.165, 1.54) is 31.2 Å². The topological polar surface area (TPSA) is 170 Å². The number of hydrogen-bond acceptors (Lipinski definition) is 7. The van der Waals surface area contributed by atoms with Crippen molar-refractivity contribution in [3.63, 3.8) is 0 Å². The van der Waals surface area contributed by atoms with E-state index in [4.69, 9.17) is 9.88 Å². The lowest BCUT2D eigenvalue weighted by Gasteiger charge is -2.14. The molecule has 144 valence electrons. The van der Waals surface area contributed by atoms with Crippen molar-refractivity contribution in [1.29, 1.82) is 0 Å². The Hall–Kier alpha value is -3.25. The first-order valence-corrected chi connectivity index (χ1v) is 9.04. The molecule has 4 N–H and O–H groups in total. The summed E-state index contributed by atoms with van der Waals surface area (Å²) in [5.41, 5.74) is -1.12. The lowest BCUT2D eigenvalue weighted by atomic mass is 10.3. The largest absolute Gasteiger partial charge is 0.451 e. The van der Waals surface area contributed by atoms with E-state index in [-0.39, 0.29) is 10.6 Å². The number of sulfonamides is 1. The molecular weight excluding hydrogens is 380 g/mol. The van der Waals surface area contributed by atoms with Gasteiger partial charge in [-0.2, -0.15) is 0 Å². The van der Waals surface area contributed by atoms with Crippen molar-refractivity contribution in [2.75, 3.05) is 5.32 Å². The number of nitrogens with two attached hydrogens (primary N) is 1. The minimum atomic E-state index is -3.85. The Kier molecular flexibility index (Phi) is 5.92. The van der Waals surface area contributed by atoms with Crippen LogP contribution in [0.4, 0.5) is 5.69 Å². The molecule has 11 nitrogen and oxygen atoms in total. The highest BCUT2D eigenvalue weighted by Gasteiger charge is 2.19. The normalized spacial score (nSPS) is 12.2. The molecule has 1 amide bonds. The summed E-state index contributed by atoms with van der Waals surface area (Å²) in [5, 5.41) is 7.42. The van der Waals surface area contributed by atoms with E-state index < -0.39 is 45.8 Å². The number of amides is 1. The van der Waals surface area contributed by atoms with Gasteiger partial charge in [0.25, 0.3) is 11.5 Å². The third-order valence-electron chi connectivity index (χ3n) is 3.32. The molecule has 0 spiro atoms. The summed E-state index contributed by atoms with van der Waals surface area (Å²) < 4.78 is 28.2. The van der Waals surface area contributed by atoms with Crippen molar-refractivity contribution in [3.8, 4) is 0 Å². The van der Waals surface area contributed by atoms with E-state index in [0.29, 0.717) is 0 Å². The number of ether oxygens (including phenoxy) is 1. The van der Waals surface area contributed by atoms with Gasteiger partial charge in [-0.05, 0) is 31.2 Å². The van der Waals surface area contributed by atoms with Gasteiger partial charge in [0, 0.05) is 18.0 Å². The Bertz CT molecular complexity index is 1070. The molecule has 0 aliphatic carbocycles. The number of aromatic nitrogens is 2. The van der Waals surface area contributed by atoms with Gasteiger partial charge in [-0.1, -0.05) is 0 Å². The fourth-order valence-corrected chi connectivity index (χ4v) is 2.48. The Morgan fingerprint density at radius 2 is 1.85 bits per heavy atom. The van der Waals surface area contributed by atoms with Crippen molar-refractivity contribution >= 4 is 27.6 Å². The second kappa shape index (κ2) is 7.97. The van der Waals surface area contributed by atoms with Gasteiger partial charge < -0.3 is 10.1 Å². The zero-order valence-corrected chi connectivity index (χ0v) is 14.9. The van der Waals surface area contributed by atoms with Crippen molar-refractivity contribution < 1.29 is 22.7 Å². The average Bonchev–Trinajstić information content (AvgIpc) is 2.57. The number of rotatable bonds is 6. The fraction of sp³-hybridized carbons (Fsp3) is 0.200. The third-order valence-corrected chi connectivity index (χ3v) is 4.25. The number of carbonyl (C=O) groups excluding carboxylic acids is 2. The fourth-order valence-electron chi connectivity index (χ4n) is 1.97. The Morgan fingerprint density at radius 3 is 2.41 bits per heavy atom. The summed E-state index contributed by atoms with van der Waals surface area (Å²) in [6.07, 6.45) is -0.0610. The van der Waals surface area contributed by atoms with Gasteiger partial charge in [-0.25, -0.2) is 18.4 Å². The predicted molar refractivity (Wildman–Crippen MR) is 93.3 cm³/mol. The molecule has 1 heterocycles. The molecular formula is C15H16N4O7S. The quantitative estimate of drug-likeness (QED) is 0.512. The maximum Gasteiger partial charge on any atom is 0.328 e. The van der Waals surface area contributed by atoms with E-state index in [2.05, 4.69) is 5.32 Å². The highest BCUT2D eigenvalue weighted by atomic mass is 32.2. The number of primary sulfonamides is 1. The number of hydrogen-bond donors (Lipinski definition) is 3. The summed E-state index contributed by atoms with van der Waals surface area (Å²) in [7, 11) is -3.85. The number of benzene rings is 1. The minimum Gasteiger partial charge on any atom is -0.451 e. The second-order valence-corrected chi connectivity index (χ2v) is 6.99. The van der Waals surface area contributed by atoms with Crippen LogP contribution in [0.1, 0.15) is 6.92 Å². The molecule has 0 radical (unpaired) electrons. The molecule has 27 heavy (non-hydrogen) atoms. The van der Waals surface area contributed by atoms with Crippen LogP contribution in [-0.4, -0.2) is 35.9 Å². The maximum absolute atomic E-state index is 12.0. The van der Waals surface area contributed by atoms with Gasteiger partial charge in [0.15, 0.2) is 6.10 Å². The molecule has 1 aromatic carbocycles. The van der Waals surface area contributed by atoms with Crippen LogP contribution in [0.5, 0.6) is 0 Å². The van der Waals surface area contributed by atoms with Gasteiger partial charge >= 0.3 is 11.7 Å². The van der Waals surface area contributed by atoms with Crippen LogP contribution < -0.4 is 21.7 Å². The molecule has 0 aliphatic heterocycles.